The largest absolute Gasteiger partial charge is 0.346 e. The highest BCUT2D eigenvalue weighted by Gasteiger charge is 2.35. The van der Waals surface area contributed by atoms with Crippen molar-refractivity contribution in [1.29, 1.82) is 0 Å². The van der Waals surface area contributed by atoms with Crippen LogP contribution in [0.3, 0.4) is 0 Å². The number of hydrogen-bond acceptors (Lipinski definition) is 4. The lowest BCUT2D eigenvalue weighted by atomic mass is 9.82. The summed E-state index contributed by atoms with van der Waals surface area (Å²) in [5, 5.41) is 12.8. The number of nitrogens with zero attached hydrogens (tertiary/aromatic N) is 2. The molecule has 7 heteroatoms. The lowest BCUT2D eigenvalue weighted by Gasteiger charge is -2.33. The number of carbonyl (C=O) groups is 1. The Labute approximate surface area is 113 Å². The molecule has 1 fully saturated rings. The molecule has 0 bridgehead atoms. The number of rotatable bonds is 3. The molecule has 2 unspecified atom stereocenters. The van der Waals surface area contributed by atoms with Gasteiger partial charge in [-0.15, -0.1) is 12.4 Å². The van der Waals surface area contributed by atoms with Crippen LogP contribution < -0.4 is 10.6 Å². The van der Waals surface area contributed by atoms with Crippen LogP contribution in [0.1, 0.15) is 38.6 Å². The van der Waals surface area contributed by atoms with Crippen molar-refractivity contribution in [2.75, 3.05) is 13.1 Å². The summed E-state index contributed by atoms with van der Waals surface area (Å²) >= 11 is 0. The van der Waals surface area contributed by atoms with Crippen LogP contribution in [0.2, 0.25) is 0 Å². The van der Waals surface area contributed by atoms with Crippen molar-refractivity contribution < 1.29 is 4.79 Å². The highest BCUT2D eigenvalue weighted by molar-refractivity contribution is 5.85. The van der Waals surface area contributed by atoms with Gasteiger partial charge >= 0.3 is 0 Å². The van der Waals surface area contributed by atoms with Crippen LogP contribution in [0, 0.1) is 5.41 Å². The second-order valence-corrected chi connectivity index (χ2v) is 4.91. The second kappa shape index (κ2) is 6.15. The average molecular weight is 274 g/mol. The third-order valence-corrected chi connectivity index (χ3v) is 3.34. The van der Waals surface area contributed by atoms with Gasteiger partial charge in [0, 0.05) is 6.54 Å². The molecule has 1 aliphatic rings. The normalized spacial score (nSPS) is 25.0. The van der Waals surface area contributed by atoms with Crippen molar-refractivity contribution in [1.82, 2.24) is 25.8 Å². The van der Waals surface area contributed by atoms with Gasteiger partial charge in [0.25, 0.3) is 0 Å². The highest BCUT2D eigenvalue weighted by atomic mass is 35.5. The summed E-state index contributed by atoms with van der Waals surface area (Å²) in [6, 6.07) is -0.135. The van der Waals surface area contributed by atoms with Crippen molar-refractivity contribution >= 4 is 18.3 Å². The zero-order valence-electron chi connectivity index (χ0n) is 10.7. The first-order valence-corrected chi connectivity index (χ1v) is 5.99. The first-order chi connectivity index (χ1) is 8.12. The zero-order chi connectivity index (χ0) is 12.3. The molecule has 1 amide bonds. The van der Waals surface area contributed by atoms with Gasteiger partial charge in [-0.05, 0) is 33.2 Å². The molecule has 2 atom stereocenters. The molecule has 0 radical (unpaired) electrons. The Hall–Kier alpha value is -1.14. The van der Waals surface area contributed by atoms with Crippen molar-refractivity contribution in [3.05, 3.63) is 12.2 Å². The van der Waals surface area contributed by atoms with Gasteiger partial charge in [-0.25, -0.2) is 4.98 Å². The van der Waals surface area contributed by atoms with E-state index in [9.17, 15) is 4.79 Å². The second-order valence-electron chi connectivity index (χ2n) is 4.91. The minimum atomic E-state index is -0.313. The van der Waals surface area contributed by atoms with E-state index in [4.69, 9.17) is 0 Å². The zero-order valence-corrected chi connectivity index (χ0v) is 11.5. The Morgan fingerprint density at radius 1 is 1.61 bits per heavy atom. The molecule has 18 heavy (non-hydrogen) atoms. The van der Waals surface area contributed by atoms with Crippen LogP contribution in [0.5, 0.6) is 0 Å². The summed E-state index contributed by atoms with van der Waals surface area (Å²) in [6.45, 7) is 5.64. The van der Waals surface area contributed by atoms with E-state index in [0.29, 0.717) is 5.82 Å². The number of aromatic amines is 1. The Bertz CT molecular complexity index is 375. The lowest BCUT2D eigenvalue weighted by molar-refractivity contribution is -0.131. The SMILES string of the molecule is CC(NC(=O)C1(C)CCCNC1)c1ncn[nH]1.Cl. The molecule has 0 aliphatic carbocycles. The third-order valence-electron chi connectivity index (χ3n) is 3.34. The smallest absolute Gasteiger partial charge is 0.227 e. The molecule has 0 saturated carbocycles. The molecule has 3 N–H and O–H groups in total. The summed E-state index contributed by atoms with van der Waals surface area (Å²) in [6.07, 6.45) is 3.41. The minimum absolute atomic E-state index is 0. The van der Waals surface area contributed by atoms with Crippen molar-refractivity contribution in [2.45, 2.75) is 32.7 Å². The number of H-pyrrole nitrogens is 1. The summed E-state index contributed by atoms with van der Waals surface area (Å²) in [5.74, 6) is 0.763. The fraction of sp³-hybridized carbons (Fsp3) is 0.727. The van der Waals surface area contributed by atoms with Crippen LogP contribution >= 0.6 is 12.4 Å². The van der Waals surface area contributed by atoms with Gasteiger partial charge in [0.1, 0.15) is 12.2 Å². The van der Waals surface area contributed by atoms with E-state index in [0.717, 1.165) is 25.9 Å². The maximum Gasteiger partial charge on any atom is 0.227 e. The number of nitrogens with one attached hydrogen (secondary N) is 3. The fourth-order valence-corrected chi connectivity index (χ4v) is 2.11. The third kappa shape index (κ3) is 3.20. The first kappa shape index (κ1) is 14.9. The van der Waals surface area contributed by atoms with E-state index in [1.807, 2.05) is 13.8 Å². The van der Waals surface area contributed by atoms with Gasteiger partial charge in [0.2, 0.25) is 5.91 Å². The van der Waals surface area contributed by atoms with Gasteiger partial charge in [-0.2, -0.15) is 5.10 Å². The first-order valence-electron chi connectivity index (χ1n) is 5.99. The van der Waals surface area contributed by atoms with Gasteiger partial charge in [-0.1, -0.05) is 0 Å². The highest BCUT2D eigenvalue weighted by Crippen LogP contribution is 2.26. The van der Waals surface area contributed by atoms with E-state index in [2.05, 4.69) is 25.8 Å². The molecule has 102 valence electrons. The molecule has 0 aromatic carbocycles. The molecule has 1 aromatic heterocycles. The summed E-state index contributed by atoms with van der Waals surface area (Å²) in [7, 11) is 0. The number of aromatic nitrogens is 3. The number of hydrogen-bond donors (Lipinski definition) is 3. The Morgan fingerprint density at radius 2 is 2.39 bits per heavy atom. The fourth-order valence-electron chi connectivity index (χ4n) is 2.11. The van der Waals surface area contributed by atoms with E-state index in [1.165, 1.54) is 6.33 Å². The average Bonchev–Trinajstić information content (AvgIpc) is 2.83. The van der Waals surface area contributed by atoms with Gasteiger partial charge in [-0.3, -0.25) is 9.89 Å². The van der Waals surface area contributed by atoms with Crippen molar-refractivity contribution in [2.24, 2.45) is 5.41 Å². The Balaban J connectivity index is 0.00000162. The number of amides is 1. The van der Waals surface area contributed by atoms with Crippen LogP contribution in [0.25, 0.3) is 0 Å². The molecule has 2 heterocycles. The molecule has 6 nitrogen and oxygen atoms in total. The topological polar surface area (TPSA) is 82.7 Å². The van der Waals surface area contributed by atoms with Crippen LogP contribution in [0.15, 0.2) is 6.33 Å². The predicted molar refractivity (Wildman–Crippen MR) is 70.4 cm³/mol. The molecular weight excluding hydrogens is 254 g/mol. The van der Waals surface area contributed by atoms with Crippen molar-refractivity contribution in [3.63, 3.8) is 0 Å². The minimum Gasteiger partial charge on any atom is -0.346 e. The van der Waals surface area contributed by atoms with Gasteiger partial charge < -0.3 is 10.6 Å². The molecule has 1 saturated heterocycles. The van der Waals surface area contributed by atoms with Crippen LogP contribution in [-0.2, 0) is 4.79 Å². The standard InChI is InChI=1S/C11H19N5O.ClH/c1-8(9-13-7-14-16-9)15-10(17)11(2)4-3-5-12-6-11;/h7-8,12H,3-6H2,1-2H3,(H,15,17)(H,13,14,16);1H. The predicted octanol–water partition coefficient (Wildman–Crippen LogP) is 0.793. The molecule has 1 aliphatic heterocycles. The van der Waals surface area contributed by atoms with E-state index >= 15 is 0 Å². The monoisotopic (exact) mass is 273 g/mol. The lowest BCUT2D eigenvalue weighted by Crippen LogP contribution is -2.49. The molecular formula is C11H20ClN5O. The molecule has 0 spiro atoms. The molecule has 2 rings (SSSR count). The van der Waals surface area contributed by atoms with E-state index in [1.54, 1.807) is 0 Å². The maximum absolute atomic E-state index is 12.2. The number of halogens is 1. The summed E-state index contributed by atoms with van der Waals surface area (Å²) in [5.41, 5.74) is -0.313. The maximum atomic E-state index is 12.2. The number of carbonyl (C=O) groups excluding carboxylic acids is 1. The Kier molecular flexibility index (Phi) is 5.10. The number of piperidine rings is 1. The van der Waals surface area contributed by atoms with Gasteiger partial charge in [0.15, 0.2) is 0 Å². The van der Waals surface area contributed by atoms with Gasteiger partial charge in [0.05, 0.1) is 11.5 Å². The quantitative estimate of drug-likeness (QED) is 0.761. The molecule has 1 aromatic rings. The van der Waals surface area contributed by atoms with E-state index in [-0.39, 0.29) is 29.8 Å². The Morgan fingerprint density at radius 3 is 2.94 bits per heavy atom. The van der Waals surface area contributed by atoms with E-state index < -0.39 is 0 Å². The van der Waals surface area contributed by atoms with Crippen LogP contribution in [0.4, 0.5) is 0 Å². The summed E-state index contributed by atoms with van der Waals surface area (Å²) in [4.78, 5) is 16.3. The van der Waals surface area contributed by atoms with Crippen molar-refractivity contribution in [3.8, 4) is 0 Å². The summed E-state index contributed by atoms with van der Waals surface area (Å²) < 4.78 is 0. The van der Waals surface area contributed by atoms with Crippen LogP contribution in [-0.4, -0.2) is 34.2 Å².